The van der Waals surface area contributed by atoms with Crippen LogP contribution in [0, 0.1) is 0 Å². The second-order valence-electron chi connectivity index (χ2n) is 5.49. The summed E-state index contributed by atoms with van der Waals surface area (Å²) in [5.41, 5.74) is 6.65. The van der Waals surface area contributed by atoms with Gasteiger partial charge in [0.1, 0.15) is 0 Å². The van der Waals surface area contributed by atoms with Crippen molar-refractivity contribution in [3.63, 3.8) is 0 Å². The first kappa shape index (κ1) is 21.8. The molecule has 0 spiro atoms. The van der Waals surface area contributed by atoms with Gasteiger partial charge in [0.25, 0.3) is 5.91 Å². The van der Waals surface area contributed by atoms with E-state index in [9.17, 15) is 13.6 Å². The average Bonchev–Trinajstić information content (AvgIpc) is 2.62. The topological polar surface area (TPSA) is 134 Å². The van der Waals surface area contributed by atoms with Gasteiger partial charge < -0.3 is 24.7 Å². The number of benzene rings is 1. The van der Waals surface area contributed by atoms with Crippen molar-refractivity contribution in [3.8, 4) is 0 Å². The quantitative estimate of drug-likeness (QED) is 0.221. The van der Waals surface area contributed by atoms with Crippen molar-refractivity contribution in [1.82, 2.24) is 9.62 Å². The first-order valence-corrected chi connectivity index (χ1v) is 9.17. The molecule has 26 heavy (non-hydrogen) atoms. The summed E-state index contributed by atoms with van der Waals surface area (Å²) in [5.74, 6) is 4.70. The Bertz CT molecular complexity index is 637. The minimum atomic E-state index is -2.41. The highest BCUT2D eigenvalue weighted by molar-refractivity contribution is 7.76. The lowest BCUT2D eigenvalue weighted by molar-refractivity contribution is -0.118. The molecular formula is C17H25N4O4S-. The van der Waals surface area contributed by atoms with Crippen LogP contribution in [0.2, 0.25) is 0 Å². The number of nitrogens with two attached hydrogens (primary N) is 2. The SMILES string of the molecule is CCCN(C=C/C(=C\N)C(=O)N[C@H](CON)Cc1ccccc1)S(=O)[O-]. The van der Waals surface area contributed by atoms with Crippen LogP contribution in [0.1, 0.15) is 18.9 Å². The Labute approximate surface area is 156 Å². The second kappa shape index (κ2) is 12.2. The third kappa shape index (κ3) is 7.79. The smallest absolute Gasteiger partial charge is 0.253 e. The van der Waals surface area contributed by atoms with Gasteiger partial charge in [0.15, 0.2) is 0 Å². The standard InChI is InChI=1S/C17H26N4O4S/c1-2-9-21(26(23)24)10-8-15(12-18)17(22)20-16(13-25-19)11-14-6-4-3-5-7-14/h3-8,10,12,16H,2,9,11,13,18-19H2,1H3,(H,20,22)(H,23,24)/p-1/b10-8?,15-12+/t16-/m0/s1. The van der Waals surface area contributed by atoms with Crippen LogP contribution in [0.3, 0.4) is 0 Å². The van der Waals surface area contributed by atoms with Crippen LogP contribution in [0.15, 0.2) is 54.4 Å². The van der Waals surface area contributed by atoms with Gasteiger partial charge in [-0.15, -0.1) is 0 Å². The molecule has 144 valence electrons. The lowest BCUT2D eigenvalue weighted by Crippen LogP contribution is -2.41. The summed E-state index contributed by atoms with van der Waals surface area (Å²) in [6.07, 6.45) is 4.93. The minimum absolute atomic E-state index is 0.120. The maximum atomic E-state index is 12.4. The van der Waals surface area contributed by atoms with Crippen molar-refractivity contribution in [1.29, 1.82) is 0 Å². The molecule has 0 aliphatic rings. The number of carbonyl (C=O) groups is 1. The molecule has 9 heteroatoms. The number of carbonyl (C=O) groups excluding carboxylic acids is 1. The summed E-state index contributed by atoms with van der Waals surface area (Å²) in [7, 11) is 0. The lowest BCUT2D eigenvalue weighted by atomic mass is 10.1. The molecule has 0 heterocycles. The zero-order valence-corrected chi connectivity index (χ0v) is 15.5. The Kier molecular flexibility index (Phi) is 10.3. The van der Waals surface area contributed by atoms with Crippen LogP contribution in [-0.2, 0) is 27.3 Å². The van der Waals surface area contributed by atoms with Crippen molar-refractivity contribution < 1.29 is 18.4 Å². The number of hydrogen-bond donors (Lipinski definition) is 3. The van der Waals surface area contributed by atoms with E-state index in [0.29, 0.717) is 19.4 Å². The van der Waals surface area contributed by atoms with E-state index in [1.54, 1.807) is 0 Å². The maximum absolute atomic E-state index is 12.4. The average molecular weight is 381 g/mol. The molecule has 0 saturated carbocycles. The molecule has 1 aromatic rings. The van der Waals surface area contributed by atoms with Gasteiger partial charge in [0.05, 0.1) is 18.2 Å². The fraction of sp³-hybridized carbons (Fsp3) is 0.353. The van der Waals surface area contributed by atoms with Gasteiger partial charge in [-0.3, -0.25) is 9.00 Å². The lowest BCUT2D eigenvalue weighted by Gasteiger charge is -2.22. The molecule has 0 aromatic heterocycles. The maximum Gasteiger partial charge on any atom is 0.253 e. The summed E-state index contributed by atoms with van der Waals surface area (Å²) in [4.78, 5) is 17.1. The van der Waals surface area contributed by atoms with Crippen molar-refractivity contribution in [2.75, 3.05) is 13.2 Å². The van der Waals surface area contributed by atoms with Crippen LogP contribution < -0.4 is 16.9 Å². The van der Waals surface area contributed by atoms with Crippen LogP contribution in [0.25, 0.3) is 0 Å². The second-order valence-corrected chi connectivity index (χ2v) is 6.39. The highest BCUT2D eigenvalue weighted by Gasteiger charge is 2.15. The summed E-state index contributed by atoms with van der Waals surface area (Å²) in [5, 5.41) is 2.79. The van der Waals surface area contributed by atoms with Crippen molar-refractivity contribution in [3.05, 3.63) is 59.9 Å². The Hall–Kier alpha value is -2.20. The molecule has 1 rings (SSSR count). The number of amides is 1. The van der Waals surface area contributed by atoms with Gasteiger partial charge in [0.2, 0.25) is 0 Å². The molecule has 0 saturated heterocycles. The molecule has 0 fully saturated rings. The Morgan fingerprint density at radius 2 is 2.12 bits per heavy atom. The van der Waals surface area contributed by atoms with Crippen molar-refractivity contribution in [2.45, 2.75) is 25.8 Å². The monoisotopic (exact) mass is 381 g/mol. The Balaban J connectivity index is 2.77. The van der Waals surface area contributed by atoms with E-state index < -0.39 is 17.2 Å². The molecule has 1 amide bonds. The van der Waals surface area contributed by atoms with E-state index in [-0.39, 0.29) is 18.2 Å². The third-order valence-electron chi connectivity index (χ3n) is 3.46. The fourth-order valence-corrected chi connectivity index (χ4v) is 2.72. The van der Waals surface area contributed by atoms with E-state index in [1.165, 1.54) is 12.3 Å². The van der Waals surface area contributed by atoms with Crippen LogP contribution in [0.4, 0.5) is 0 Å². The van der Waals surface area contributed by atoms with E-state index in [1.807, 2.05) is 37.3 Å². The fourth-order valence-electron chi connectivity index (χ4n) is 2.22. The molecule has 1 aromatic carbocycles. The zero-order valence-electron chi connectivity index (χ0n) is 14.7. The summed E-state index contributed by atoms with van der Waals surface area (Å²) in [6, 6.07) is 9.20. The Morgan fingerprint density at radius 1 is 1.42 bits per heavy atom. The van der Waals surface area contributed by atoms with Crippen LogP contribution in [-0.4, -0.2) is 38.2 Å². The summed E-state index contributed by atoms with van der Waals surface area (Å²) < 4.78 is 23.3. The number of nitrogens with one attached hydrogen (secondary N) is 1. The normalized spacial score (nSPS) is 14.2. The molecule has 0 aliphatic carbocycles. The summed E-state index contributed by atoms with van der Waals surface area (Å²) in [6.45, 7) is 2.28. The number of rotatable bonds is 11. The molecule has 2 atom stereocenters. The summed E-state index contributed by atoms with van der Waals surface area (Å²) >= 11 is -2.41. The molecular weight excluding hydrogens is 356 g/mol. The first-order chi connectivity index (χ1) is 12.5. The van der Waals surface area contributed by atoms with Crippen molar-refractivity contribution in [2.24, 2.45) is 11.6 Å². The first-order valence-electron chi connectivity index (χ1n) is 8.14. The highest BCUT2D eigenvalue weighted by atomic mass is 32.2. The van der Waals surface area contributed by atoms with Gasteiger partial charge in [-0.1, -0.05) is 37.3 Å². The Morgan fingerprint density at radius 3 is 2.65 bits per heavy atom. The van der Waals surface area contributed by atoms with E-state index in [2.05, 4.69) is 10.2 Å². The molecule has 0 bridgehead atoms. The van der Waals surface area contributed by atoms with Gasteiger partial charge >= 0.3 is 0 Å². The van der Waals surface area contributed by atoms with Gasteiger partial charge in [-0.05, 0) is 24.5 Å². The van der Waals surface area contributed by atoms with E-state index in [0.717, 1.165) is 16.1 Å². The molecule has 0 aliphatic heterocycles. The number of hydrogen-bond acceptors (Lipinski definition) is 6. The van der Waals surface area contributed by atoms with Gasteiger partial charge in [-0.25, -0.2) is 5.90 Å². The molecule has 5 N–H and O–H groups in total. The van der Waals surface area contributed by atoms with Crippen LogP contribution in [0.5, 0.6) is 0 Å². The third-order valence-corrected chi connectivity index (χ3v) is 4.14. The van der Waals surface area contributed by atoms with E-state index in [4.69, 9.17) is 11.6 Å². The predicted octanol–water partition coefficient (Wildman–Crippen LogP) is 0.467. The van der Waals surface area contributed by atoms with Crippen molar-refractivity contribution >= 4 is 17.2 Å². The minimum Gasteiger partial charge on any atom is -0.755 e. The predicted molar refractivity (Wildman–Crippen MR) is 99.5 cm³/mol. The highest BCUT2D eigenvalue weighted by Crippen LogP contribution is 2.06. The van der Waals surface area contributed by atoms with E-state index >= 15 is 0 Å². The molecule has 8 nitrogen and oxygen atoms in total. The van der Waals surface area contributed by atoms with Crippen LogP contribution >= 0.6 is 0 Å². The van der Waals surface area contributed by atoms with Gasteiger partial charge in [0, 0.05) is 30.2 Å². The number of nitrogens with zero attached hydrogens (tertiary/aromatic N) is 1. The molecule has 0 radical (unpaired) electrons. The molecule has 1 unspecified atom stereocenters. The largest absolute Gasteiger partial charge is 0.755 e. The van der Waals surface area contributed by atoms with Gasteiger partial charge in [-0.2, -0.15) is 0 Å². The zero-order chi connectivity index (χ0) is 19.4.